The van der Waals surface area contributed by atoms with Crippen LogP contribution in [-0.4, -0.2) is 19.2 Å². The minimum atomic E-state index is -0.413. The van der Waals surface area contributed by atoms with E-state index in [2.05, 4.69) is 15.4 Å². The lowest BCUT2D eigenvalue weighted by molar-refractivity contribution is 0.415. The van der Waals surface area contributed by atoms with Crippen LogP contribution in [-0.2, 0) is 0 Å². The highest BCUT2D eigenvalue weighted by atomic mass is 35.5. The van der Waals surface area contributed by atoms with Gasteiger partial charge in [-0.15, -0.1) is 0 Å². The zero-order valence-corrected chi connectivity index (χ0v) is 10.7. The van der Waals surface area contributed by atoms with E-state index >= 15 is 0 Å². The van der Waals surface area contributed by atoms with Crippen LogP contribution in [0, 0.1) is 4.91 Å². The molecule has 0 heterocycles. The van der Waals surface area contributed by atoms with E-state index in [1.807, 2.05) is 0 Å². The van der Waals surface area contributed by atoms with Gasteiger partial charge in [0.15, 0.2) is 0 Å². The number of benzene rings is 1. The van der Waals surface area contributed by atoms with Gasteiger partial charge >= 0.3 is 0 Å². The summed E-state index contributed by atoms with van der Waals surface area (Å²) >= 11 is 5.85. The summed E-state index contributed by atoms with van der Waals surface area (Å²) in [5.41, 5.74) is 0.532. The summed E-state index contributed by atoms with van der Waals surface area (Å²) in [6.07, 6.45) is 0. The van der Waals surface area contributed by atoms with Crippen LogP contribution >= 0.6 is 11.6 Å². The first kappa shape index (κ1) is 13.6. The summed E-state index contributed by atoms with van der Waals surface area (Å²) in [6, 6.07) is 4.37. The molecule has 0 spiro atoms. The van der Waals surface area contributed by atoms with E-state index in [1.165, 1.54) is 0 Å². The van der Waals surface area contributed by atoms with E-state index < -0.39 is 6.04 Å². The Morgan fingerprint density at radius 2 is 2.00 bits per heavy atom. The lowest BCUT2D eigenvalue weighted by Gasteiger charge is -2.07. The number of halogens is 1. The van der Waals surface area contributed by atoms with E-state index in [0.717, 1.165) is 0 Å². The minimum Gasteiger partial charge on any atom is -0.494 e. The zero-order chi connectivity index (χ0) is 12.8. The van der Waals surface area contributed by atoms with Crippen LogP contribution in [0.4, 0.5) is 5.69 Å². The van der Waals surface area contributed by atoms with Crippen molar-refractivity contribution in [2.45, 2.75) is 25.9 Å². The Bertz CT molecular complexity index is 423. The summed E-state index contributed by atoms with van der Waals surface area (Å²) < 4.78 is 5.12. The zero-order valence-electron chi connectivity index (χ0n) is 9.92. The molecule has 0 aliphatic heterocycles. The number of hydrogen-bond donors (Lipinski definition) is 0. The molecule has 0 bridgehead atoms. The van der Waals surface area contributed by atoms with Gasteiger partial charge in [0.05, 0.1) is 13.2 Å². The van der Waals surface area contributed by atoms with E-state index in [-0.39, 0.29) is 6.04 Å². The first-order valence-electron chi connectivity index (χ1n) is 5.15. The van der Waals surface area contributed by atoms with Crippen molar-refractivity contribution in [1.82, 2.24) is 0 Å². The molecule has 0 aromatic heterocycles. The number of nitroso groups, excluding NO2 is 1. The number of ether oxygens (including phenoxy) is 1. The molecule has 1 aromatic rings. The topological polar surface area (TPSA) is 63.4 Å². The maximum Gasteiger partial charge on any atom is 0.146 e. The van der Waals surface area contributed by atoms with E-state index in [9.17, 15) is 4.91 Å². The van der Waals surface area contributed by atoms with Crippen molar-refractivity contribution in [2.24, 2.45) is 15.4 Å². The number of rotatable bonds is 5. The second kappa shape index (κ2) is 6.30. The third-order valence-electron chi connectivity index (χ3n) is 2.35. The molecular formula is C11H14ClN3O2. The molecule has 2 atom stereocenters. The van der Waals surface area contributed by atoms with E-state index in [4.69, 9.17) is 16.3 Å². The van der Waals surface area contributed by atoms with Gasteiger partial charge in [0, 0.05) is 5.02 Å². The van der Waals surface area contributed by atoms with Crippen LogP contribution < -0.4 is 4.74 Å². The Hall–Kier alpha value is -1.49. The van der Waals surface area contributed by atoms with Crippen molar-refractivity contribution in [3.05, 3.63) is 28.1 Å². The summed E-state index contributed by atoms with van der Waals surface area (Å²) in [7, 11) is 1.54. The van der Waals surface area contributed by atoms with Gasteiger partial charge in [-0.3, -0.25) is 0 Å². The average molecular weight is 256 g/mol. The maximum absolute atomic E-state index is 10.3. The molecule has 92 valence electrons. The van der Waals surface area contributed by atoms with Crippen molar-refractivity contribution in [3.8, 4) is 5.75 Å². The molecule has 0 saturated heterocycles. The van der Waals surface area contributed by atoms with Gasteiger partial charge in [0.25, 0.3) is 0 Å². The van der Waals surface area contributed by atoms with Crippen LogP contribution in [0.2, 0.25) is 5.02 Å². The molecule has 0 radical (unpaired) electrons. The number of nitrogens with zero attached hydrogens (tertiary/aromatic N) is 3. The van der Waals surface area contributed by atoms with Gasteiger partial charge in [0.1, 0.15) is 17.5 Å². The molecule has 0 fully saturated rings. The molecule has 2 unspecified atom stereocenters. The summed E-state index contributed by atoms with van der Waals surface area (Å²) in [4.78, 5) is 10.3. The van der Waals surface area contributed by atoms with Crippen LogP contribution in [0.25, 0.3) is 0 Å². The molecule has 17 heavy (non-hydrogen) atoms. The van der Waals surface area contributed by atoms with Crippen molar-refractivity contribution < 1.29 is 4.74 Å². The molecule has 1 aromatic carbocycles. The van der Waals surface area contributed by atoms with Gasteiger partial charge in [-0.05, 0) is 32.0 Å². The van der Waals surface area contributed by atoms with Gasteiger partial charge in [-0.2, -0.15) is 15.1 Å². The maximum atomic E-state index is 10.3. The fourth-order valence-electron chi connectivity index (χ4n) is 1.08. The van der Waals surface area contributed by atoms with Crippen molar-refractivity contribution in [1.29, 1.82) is 0 Å². The van der Waals surface area contributed by atoms with Gasteiger partial charge in [-0.1, -0.05) is 16.8 Å². The smallest absolute Gasteiger partial charge is 0.146 e. The Kier molecular flexibility index (Phi) is 5.03. The first-order chi connectivity index (χ1) is 8.08. The second-order valence-electron chi connectivity index (χ2n) is 3.62. The van der Waals surface area contributed by atoms with Crippen LogP contribution in [0.1, 0.15) is 13.8 Å². The lowest BCUT2D eigenvalue weighted by Crippen LogP contribution is -2.13. The monoisotopic (exact) mass is 255 g/mol. The molecule has 0 aliphatic carbocycles. The van der Waals surface area contributed by atoms with Gasteiger partial charge in [-0.25, -0.2) is 0 Å². The highest BCUT2D eigenvalue weighted by molar-refractivity contribution is 6.30. The van der Waals surface area contributed by atoms with Crippen LogP contribution in [0.5, 0.6) is 5.75 Å². The molecule has 0 saturated carbocycles. The predicted molar refractivity (Wildman–Crippen MR) is 67.2 cm³/mol. The highest BCUT2D eigenvalue weighted by Gasteiger charge is 2.11. The number of methoxy groups -OCH3 is 1. The Balaban J connectivity index is 2.90. The fourth-order valence-corrected chi connectivity index (χ4v) is 1.25. The molecule has 0 amide bonds. The molecule has 0 aliphatic rings. The van der Waals surface area contributed by atoms with Gasteiger partial charge < -0.3 is 4.74 Å². The standard InChI is InChI=1S/C11H14ClN3O2/c1-7(8(2)15-16)13-14-10-6-9(12)4-5-11(10)17-3/h4-8H,1-3H3. The third kappa shape index (κ3) is 3.78. The first-order valence-corrected chi connectivity index (χ1v) is 5.53. The van der Waals surface area contributed by atoms with Crippen molar-refractivity contribution in [3.63, 3.8) is 0 Å². The van der Waals surface area contributed by atoms with E-state index in [1.54, 1.807) is 39.2 Å². The summed E-state index contributed by atoms with van der Waals surface area (Å²) in [5, 5.41) is 11.5. The summed E-state index contributed by atoms with van der Waals surface area (Å²) in [5.74, 6) is 0.581. The lowest BCUT2D eigenvalue weighted by atomic mass is 10.2. The number of hydrogen-bond acceptors (Lipinski definition) is 5. The van der Waals surface area contributed by atoms with Gasteiger partial charge in [0.2, 0.25) is 0 Å². The SMILES string of the molecule is COc1ccc(Cl)cc1N=NC(C)C(C)N=O. The molecule has 1 rings (SSSR count). The quantitative estimate of drug-likeness (QED) is 0.590. The average Bonchev–Trinajstić information content (AvgIpc) is 2.35. The highest BCUT2D eigenvalue weighted by Crippen LogP contribution is 2.30. The van der Waals surface area contributed by atoms with E-state index in [0.29, 0.717) is 16.5 Å². The Labute approximate surface area is 105 Å². The molecule has 5 nitrogen and oxygen atoms in total. The molecule has 6 heteroatoms. The Morgan fingerprint density at radius 3 is 2.59 bits per heavy atom. The summed E-state index contributed by atoms with van der Waals surface area (Å²) in [6.45, 7) is 3.46. The number of azo groups is 1. The van der Waals surface area contributed by atoms with Crippen molar-refractivity contribution >= 4 is 17.3 Å². The van der Waals surface area contributed by atoms with Crippen molar-refractivity contribution in [2.75, 3.05) is 7.11 Å². The van der Waals surface area contributed by atoms with Crippen LogP contribution in [0.15, 0.2) is 33.6 Å². The minimum absolute atomic E-state index is 0.281. The normalized spacial score (nSPS) is 14.6. The fraction of sp³-hybridized carbons (Fsp3) is 0.455. The predicted octanol–water partition coefficient (Wildman–Crippen LogP) is 3.98. The Morgan fingerprint density at radius 1 is 1.29 bits per heavy atom. The molecule has 0 N–H and O–H groups in total. The molecular weight excluding hydrogens is 242 g/mol. The third-order valence-corrected chi connectivity index (χ3v) is 2.59. The van der Waals surface area contributed by atoms with Crippen LogP contribution in [0.3, 0.4) is 0 Å². The second-order valence-corrected chi connectivity index (χ2v) is 4.05. The largest absolute Gasteiger partial charge is 0.494 e.